The van der Waals surface area contributed by atoms with Gasteiger partial charge in [0.25, 0.3) is 0 Å². The molecule has 0 radical (unpaired) electrons. The van der Waals surface area contributed by atoms with E-state index in [1.165, 1.54) is 59.0 Å². The topological polar surface area (TPSA) is 212 Å². The molecule has 1 unspecified atom stereocenters. The van der Waals surface area contributed by atoms with Gasteiger partial charge in [0.15, 0.2) is 0 Å². The van der Waals surface area contributed by atoms with E-state index in [-0.39, 0.29) is 67.0 Å². The zero-order valence-electron chi connectivity index (χ0n) is 36.9. The van der Waals surface area contributed by atoms with Crippen molar-refractivity contribution in [3.63, 3.8) is 0 Å². The standard InChI is InChI=1S/C11H20O2.C10H14O5.C7H10O2.C7H12O2.C5H8O2.C4H6O2/c1-4-7-8-10(5-2)9-13-11(12)6-3;1-7(2)10(13)15-5-4-14-9(12)6-8(3)11;1-4-5-9-7(8)6(2)3;1-3-5-6-9-7(8)4-2;1-4(2)5(6)7-3;1-3(2)4(5)6/h6,10H,3-5,7-9H2,1-2H3;1,4-6H2,2-3H3;4H,1-2,5H2,3H3;4H,2-3,5-6H2,1H3;1H2,2-3H3;1H2,2H3,(H,5,6). The number of rotatable bonds is 22. The third-order valence-electron chi connectivity index (χ3n) is 5.98. The Bertz CT molecular complexity index is 1340. The highest BCUT2D eigenvalue weighted by Crippen LogP contribution is 2.12. The van der Waals surface area contributed by atoms with Crippen LogP contribution in [0.15, 0.2) is 86.6 Å². The molecule has 0 aliphatic heterocycles. The first-order valence-electron chi connectivity index (χ1n) is 18.6. The molecule has 1 N–H and O–H groups in total. The summed E-state index contributed by atoms with van der Waals surface area (Å²) in [6, 6.07) is 0. The van der Waals surface area contributed by atoms with E-state index in [4.69, 9.17) is 9.84 Å². The maximum Gasteiger partial charge on any atom is 0.333 e. The molecular formula is C44H70O15. The van der Waals surface area contributed by atoms with Gasteiger partial charge in [-0.05, 0) is 53.4 Å². The highest BCUT2D eigenvalue weighted by atomic mass is 16.6. The first-order valence-corrected chi connectivity index (χ1v) is 18.6. The number of aliphatic carboxylic acids is 1. The van der Waals surface area contributed by atoms with Crippen LogP contribution in [0.5, 0.6) is 0 Å². The monoisotopic (exact) mass is 838 g/mol. The molecule has 0 rings (SSSR count). The summed E-state index contributed by atoms with van der Waals surface area (Å²) >= 11 is 0. The minimum absolute atomic E-state index is 0.0324. The van der Waals surface area contributed by atoms with Crippen LogP contribution >= 0.6 is 0 Å². The van der Waals surface area contributed by atoms with Crippen molar-refractivity contribution in [2.24, 2.45) is 5.92 Å². The summed E-state index contributed by atoms with van der Waals surface area (Å²) < 4.78 is 27.8. The largest absolute Gasteiger partial charge is 0.478 e. The maximum atomic E-state index is 10.8. The molecule has 0 heterocycles. The van der Waals surface area contributed by atoms with E-state index < -0.39 is 17.9 Å². The lowest BCUT2D eigenvalue weighted by molar-refractivity contribution is -0.151. The number of carboxylic acids is 1. The Morgan fingerprint density at radius 3 is 1.37 bits per heavy atom. The number of hydrogen-bond donors (Lipinski definition) is 1. The van der Waals surface area contributed by atoms with E-state index in [0.29, 0.717) is 30.3 Å². The van der Waals surface area contributed by atoms with Gasteiger partial charge in [0.2, 0.25) is 0 Å². The predicted molar refractivity (Wildman–Crippen MR) is 228 cm³/mol. The number of esters is 6. The summed E-state index contributed by atoms with van der Waals surface area (Å²) in [5.74, 6) is -3.18. The fraction of sp³-hybridized carbons (Fsp3) is 0.500. The highest BCUT2D eigenvalue weighted by molar-refractivity contribution is 5.94. The van der Waals surface area contributed by atoms with E-state index >= 15 is 0 Å². The molecular weight excluding hydrogens is 768 g/mol. The minimum Gasteiger partial charge on any atom is -0.478 e. The van der Waals surface area contributed by atoms with Gasteiger partial charge in [0.05, 0.1) is 20.3 Å². The van der Waals surface area contributed by atoms with Gasteiger partial charge in [0, 0.05) is 34.4 Å². The number of carboxylic acid groups (broad SMARTS) is 1. The Hall–Kier alpha value is -5.86. The quantitative estimate of drug-likeness (QED) is 0.0276. The number of unbranched alkanes of at least 4 members (excludes halogenated alkanes) is 2. The van der Waals surface area contributed by atoms with Crippen molar-refractivity contribution in [1.82, 2.24) is 0 Å². The van der Waals surface area contributed by atoms with Gasteiger partial charge >= 0.3 is 41.8 Å². The Morgan fingerprint density at radius 1 is 0.593 bits per heavy atom. The van der Waals surface area contributed by atoms with Crippen molar-refractivity contribution in [2.45, 2.75) is 100 Å². The van der Waals surface area contributed by atoms with Crippen LogP contribution in [0.4, 0.5) is 0 Å². The molecule has 0 aliphatic carbocycles. The van der Waals surface area contributed by atoms with E-state index in [0.717, 1.165) is 25.7 Å². The molecule has 0 saturated carbocycles. The minimum atomic E-state index is -0.935. The lowest BCUT2D eigenvalue weighted by atomic mass is 10.0. The number of methoxy groups -OCH3 is 1. The average Bonchev–Trinajstić information content (AvgIpc) is 3.18. The Kier molecular flexibility index (Phi) is 51.3. The summed E-state index contributed by atoms with van der Waals surface area (Å²) in [5, 5.41) is 7.89. The summed E-state index contributed by atoms with van der Waals surface area (Å²) in [6.45, 7) is 38.3. The molecule has 15 nitrogen and oxygen atoms in total. The zero-order chi connectivity index (χ0) is 47.4. The van der Waals surface area contributed by atoms with Crippen molar-refractivity contribution < 1.29 is 71.9 Å². The van der Waals surface area contributed by atoms with Crippen LogP contribution in [-0.2, 0) is 66.8 Å². The Morgan fingerprint density at radius 2 is 1.03 bits per heavy atom. The van der Waals surface area contributed by atoms with E-state index in [1.807, 2.05) is 6.92 Å². The SMILES string of the molecule is C=C(C)C(=O)O.C=C(C)C(=O)OC.C=C(C)C(=O)OCCOC(=O)CC(C)=O.C=CC(=O)OCC(CC)CCCC.C=CC(=O)OCCCC.C=CCOC(=O)C(=C)C. The smallest absolute Gasteiger partial charge is 0.333 e. The summed E-state index contributed by atoms with van der Waals surface area (Å²) in [5.41, 5.74) is 1.31. The molecule has 0 saturated heterocycles. The van der Waals surface area contributed by atoms with Gasteiger partial charge in [-0.1, -0.05) is 98.6 Å². The zero-order valence-corrected chi connectivity index (χ0v) is 36.9. The van der Waals surface area contributed by atoms with Crippen molar-refractivity contribution in [3.05, 3.63) is 86.6 Å². The van der Waals surface area contributed by atoms with Crippen LogP contribution in [-0.4, -0.2) is 92.8 Å². The van der Waals surface area contributed by atoms with Crippen molar-refractivity contribution in [3.8, 4) is 0 Å². The summed E-state index contributed by atoms with van der Waals surface area (Å²) in [7, 11) is 1.33. The van der Waals surface area contributed by atoms with Crippen LogP contribution in [0.25, 0.3) is 0 Å². The molecule has 0 amide bonds. The molecule has 15 heteroatoms. The Balaban J connectivity index is -0.000000147. The lowest BCUT2D eigenvalue weighted by Crippen LogP contribution is -2.15. The molecule has 0 aromatic rings. The number of ether oxygens (including phenoxy) is 6. The number of carbonyl (C=O) groups is 8. The van der Waals surface area contributed by atoms with Crippen molar-refractivity contribution in [1.29, 1.82) is 0 Å². The maximum absolute atomic E-state index is 10.8. The van der Waals surface area contributed by atoms with Crippen molar-refractivity contribution in [2.75, 3.05) is 40.1 Å². The van der Waals surface area contributed by atoms with Gasteiger partial charge in [0.1, 0.15) is 32.0 Å². The fourth-order valence-corrected chi connectivity index (χ4v) is 2.63. The predicted octanol–water partition coefficient (Wildman–Crippen LogP) is 7.75. The number of Topliss-reactive ketones (excluding diaryl/α,β-unsaturated/α-hetero) is 1. The molecule has 0 fully saturated rings. The average molecular weight is 839 g/mol. The molecule has 1 atom stereocenters. The van der Waals surface area contributed by atoms with Gasteiger partial charge in [-0.15, -0.1) is 0 Å². The first kappa shape index (κ1) is 65.0. The number of carbonyl (C=O) groups excluding carboxylic acids is 7. The lowest BCUT2D eigenvalue weighted by Gasteiger charge is -2.13. The molecule has 0 aromatic carbocycles. The fourth-order valence-electron chi connectivity index (χ4n) is 2.63. The normalized spacial score (nSPS) is 9.24. The third-order valence-corrected chi connectivity index (χ3v) is 5.98. The first-order chi connectivity index (χ1) is 27.5. The van der Waals surface area contributed by atoms with E-state index in [1.54, 1.807) is 13.8 Å². The van der Waals surface area contributed by atoms with Crippen LogP contribution in [0, 0.1) is 5.92 Å². The summed E-state index contributed by atoms with van der Waals surface area (Å²) in [4.78, 5) is 83.6. The van der Waals surface area contributed by atoms with E-state index in [2.05, 4.69) is 83.6 Å². The second kappa shape index (κ2) is 46.5. The van der Waals surface area contributed by atoms with Gasteiger partial charge in [-0.3, -0.25) is 9.59 Å². The van der Waals surface area contributed by atoms with Gasteiger partial charge in [-0.2, -0.15) is 0 Å². The Labute approximate surface area is 351 Å². The van der Waals surface area contributed by atoms with Crippen LogP contribution in [0.2, 0.25) is 0 Å². The molecule has 0 bridgehead atoms. The number of ketones is 1. The summed E-state index contributed by atoms with van der Waals surface area (Å²) in [6.07, 6.45) is 10.3. The third kappa shape index (κ3) is 59.0. The number of hydrogen-bond acceptors (Lipinski definition) is 14. The highest BCUT2D eigenvalue weighted by Gasteiger charge is 2.08. The van der Waals surface area contributed by atoms with Crippen LogP contribution in [0.1, 0.15) is 100 Å². The molecule has 336 valence electrons. The van der Waals surface area contributed by atoms with Crippen LogP contribution < -0.4 is 0 Å². The molecule has 59 heavy (non-hydrogen) atoms. The second-order valence-corrected chi connectivity index (χ2v) is 12.0. The molecule has 0 aliphatic rings. The van der Waals surface area contributed by atoms with Crippen LogP contribution in [0.3, 0.4) is 0 Å². The molecule has 0 spiro atoms. The molecule has 0 aromatic heterocycles. The van der Waals surface area contributed by atoms with E-state index in [9.17, 15) is 38.4 Å². The van der Waals surface area contributed by atoms with Gasteiger partial charge < -0.3 is 33.5 Å². The van der Waals surface area contributed by atoms with Gasteiger partial charge in [-0.25, -0.2) is 28.8 Å². The second-order valence-electron chi connectivity index (χ2n) is 12.0. The van der Waals surface area contributed by atoms with Crippen molar-refractivity contribution >= 4 is 47.6 Å².